The van der Waals surface area contributed by atoms with Crippen LogP contribution in [-0.4, -0.2) is 39.6 Å². The molecule has 19 heavy (non-hydrogen) atoms. The van der Waals surface area contributed by atoms with Crippen LogP contribution < -0.4 is 0 Å². The molecule has 0 amide bonds. The monoisotopic (exact) mass is 301 g/mol. The van der Waals surface area contributed by atoms with Crippen LogP contribution in [0, 0.1) is 0 Å². The Bertz CT molecular complexity index is 189. The van der Waals surface area contributed by atoms with Gasteiger partial charge in [-0.25, -0.2) is 0 Å². The number of hydrogen-bond acceptors (Lipinski definition) is 6. The first-order valence-corrected chi connectivity index (χ1v) is 9.26. The zero-order chi connectivity index (χ0) is 14.9. The summed E-state index contributed by atoms with van der Waals surface area (Å²) < 4.78 is 35.0. The zero-order valence-electron chi connectivity index (χ0n) is 13.1. The van der Waals surface area contributed by atoms with E-state index in [9.17, 15) is 0 Å². The van der Waals surface area contributed by atoms with Crippen molar-refractivity contribution in [2.75, 3.05) is 39.6 Å². The molecule has 0 aromatic carbocycles. The Hall–Kier alpha value is 0.190. The van der Waals surface area contributed by atoms with Crippen LogP contribution in [0.4, 0.5) is 0 Å². The Labute approximate surface area is 116 Å². The van der Waals surface area contributed by atoms with Gasteiger partial charge in [0.1, 0.15) is 0 Å². The molecule has 0 bridgehead atoms. The van der Waals surface area contributed by atoms with Crippen LogP contribution in [0.1, 0.15) is 41.5 Å². The molecule has 0 aromatic heterocycles. The van der Waals surface area contributed by atoms with Gasteiger partial charge in [-0.1, -0.05) is 0 Å². The molecule has 0 saturated carbocycles. The Morgan fingerprint density at radius 2 is 0.579 bits per heavy atom. The Balaban J connectivity index is 6.00. The molecule has 120 valence electrons. The van der Waals surface area contributed by atoms with E-state index in [0.717, 1.165) is 0 Å². The molecule has 6 nitrogen and oxygen atoms in total. The van der Waals surface area contributed by atoms with Gasteiger partial charge in [0.25, 0.3) is 0 Å². The molecule has 0 spiro atoms. The van der Waals surface area contributed by atoms with Crippen molar-refractivity contribution in [2.45, 2.75) is 41.5 Å². The Morgan fingerprint density at radius 1 is 0.421 bits per heavy atom. The van der Waals surface area contributed by atoms with Crippen molar-refractivity contribution in [3.63, 3.8) is 0 Å². The van der Waals surface area contributed by atoms with Gasteiger partial charge in [0.2, 0.25) is 0 Å². The molecule has 0 aliphatic rings. The normalized spacial score (nSPS) is 16.1. The summed E-state index contributed by atoms with van der Waals surface area (Å²) in [5, 5.41) is 0. The number of hydrogen-bond donors (Lipinski definition) is 0. The summed E-state index contributed by atoms with van der Waals surface area (Å²) in [5.74, 6) is 0. The standard InChI is InChI=1S/C12H30O6P/c1-7-13-19(14-8-2,15-9-3,16-10-4,17-11-5)18-12-6/h7-12H2,1-6H3/q-1. The summed E-state index contributed by atoms with van der Waals surface area (Å²) >= 11 is 0. The van der Waals surface area contributed by atoms with Crippen molar-refractivity contribution in [1.82, 2.24) is 0 Å². The third-order valence-corrected chi connectivity index (χ3v) is 7.07. The van der Waals surface area contributed by atoms with Crippen LogP contribution in [0.3, 0.4) is 0 Å². The maximum absolute atomic E-state index is 5.83. The van der Waals surface area contributed by atoms with Gasteiger partial charge in [-0.05, 0) is 0 Å². The average Bonchev–Trinajstić information content (AvgIpc) is 2.31. The van der Waals surface area contributed by atoms with E-state index in [1.807, 2.05) is 41.5 Å². The topological polar surface area (TPSA) is 55.4 Å². The molecule has 0 saturated heterocycles. The summed E-state index contributed by atoms with van der Waals surface area (Å²) in [6.45, 7) is 12.6. The van der Waals surface area contributed by atoms with Crippen LogP contribution in [0.5, 0.6) is 0 Å². The second-order valence-corrected chi connectivity index (χ2v) is 7.41. The first-order chi connectivity index (χ1) is 8.97. The van der Waals surface area contributed by atoms with E-state index in [1.54, 1.807) is 0 Å². The predicted octanol–water partition coefficient (Wildman–Crippen LogP) is 3.78. The van der Waals surface area contributed by atoms with E-state index in [-0.39, 0.29) is 39.6 Å². The van der Waals surface area contributed by atoms with Crippen LogP contribution in [0.25, 0.3) is 0 Å². The van der Waals surface area contributed by atoms with Gasteiger partial charge in [0.05, 0.1) is 0 Å². The fourth-order valence-electron chi connectivity index (χ4n) is 2.14. The molecule has 0 aliphatic carbocycles. The summed E-state index contributed by atoms with van der Waals surface area (Å²) in [6.07, 6.45) is 0. The molecular formula is C12H30O6P-. The van der Waals surface area contributed by atoms with Crippen molar-refractivity contribution >= 4 is 7.31 Å². The van der Waals surface area contributed by atoms with Crippen LogP contribution >= 0.6 is 7.31 Å². The molecule has 0 heterocycles. The van der Waals surface area contributed by atoms with Crippen LogP contribution in [0.15, 0.2) is 0 Å². The predicted molar refractivity (Wildman–Crippen MR) is 76.7 cm³/mol. The Morgan fingerprint density at radius 3 is 0.684 bits per heavy atom. The van der Waals surface area contributed by atoms with E-state index >= 15 is 0 Å². The third kappa shape index (κ3) is 3.64. The van der Waals surface area contributed by atoms with E-state index in [1.165, 1.54) is 0 Å². The molecule has 0 rings (SSSR count). The average molecular weight is 301 g/mol. The van der Waals surface area contributed by atoms with E-state index in [4.69, 9.17) is 27.1 Å². The fraction of sp³-hybridized carbons (Fsp3) is 1.00. The van der Waals surface area contributed by atoms with Gasteiger partial charge < -0.3 is 0 Å². The minimum absolute atomic E-state index is 0.288. The molecule has 0 unspecified atom stereocenters. The maximum atomic E-state index is 5.83. The molecule has 0 N–H and O–H groups in total. The summed E-state index contributed by atoms with van der Waals surface area (Å²) in [6, 6.07) is 0. The summed E-state index contributed by atoms with van der Waals surface area (Å²) in [4.78, 5) is 0. The van der Waals surface area contributed by atoms with Crippen molar-refractivity contribution in [2.24, 2.45) is 0 Å². The second kappa shape index (κ2) is 7.27. The fourth-order valence-corrected chi connectivity index (χ4v) is 6.42. The van der Waals surface area contributed by atoms with Crippen LogP contribution in [0.2, 0.25) is 0 Å². The van der Waals surface area contributed by atoms with Crippen molar-refractivity contribution in [3.8, 4) is 0 Å². The SMILES string of the molecule is CCO[P-](OCC)(OCC)(OCC)(OCC)OCC. The van der Waals surface area contributed by atoms with E-state index in [0.29, 0.717) is 0 Å². The first-order valence-electron chi connectivity index (χ1n) is 7.07. The molecule has 0 radical (unpaired) electrons. The van der Waals surface area contributed by atoms with Crippen LogP contribution in [-0.2, 0) is 27.1 Å². The van der Waals surface area contributed by atoms with Gasteiger partial charge in [0.15, 0.2) is 0 Å². The minimum atomic E-state index is -5.10. The molecule has 0 aromatic rings. The first kappa shape index (κ1) is 19.2. The van der Waals surface area contributed by atoms with Gasteiger partial charge in [-0.15, -0.1) is 0 Å². The molecule has 0 atom stereocenters. The van der Waals surface area contributed by atoms with Crippen molar-refractivity contribution in [3.05, 3.63) is 0 Å². The van der Waals surface area contributed by atoms with Gasteiger partial charge in [-0.3, -0.25) is 0 Å². The third-order valence-electron chi connectivity index (χ3n) is 2.36. The summed E-state index contributed by atoms with van der Waals surface area (Å²) in [5.41, 5.74) is 0. The quantitative estimate of drug-likeness (QED) is 0.511. The molecule has 0 aliphatic heterocycles. The summed E-state index contributed by atoms with van der Waals surface area (Å²) in [7, 11) is -5.10. The van der Waals surface area contributed by atoms with Gasteiger partial charge >= 0.3 is 116 Å². The van der Waals surface area contributed by atoms with Crippen molar-refractivity contribution in [1.29, 1.82) is 0 Å². The molecular weight excluding hydrogens is 271 g/mol. The second-order valence-electron chi connectivity index (χ2n) is 3.62. The van der Waals surface area contributed by atoms with Gasteiger partial charge in [0, 0.05) is 0 Å². The van der Waals surface area contributed by atoms with Crippen molar-refractivity contribution < 1.29 is 27.1 Å². The number of rotatable bonds is 12. The van der Waals surface area contributed by atoms with E-state index < -0.39 is 7.31 Å². The zero-order valence-corrected chi connectivity index (χ0v) is 14.0. The molecule has 0 fully saturated rings. The van der Waals surface area contributed by atoms with Gasteiger partial charge in [-0.2, -0.15) is 0 Å². The molecule has 7 heteroatoms. The van der Waals surface area contributed by atoms with E-state index in [2.05, 4.69) is 0 Å². The Kier molecular flexibility index (Phi) is 7.34.